The van der Waals surface area contributed by atoms with E-state index in [9.17, 15) is 4.79 Å². The molecule has 2 rings (SSSR count). The van der Waals surface area contributed by atoms with Crippen molar-refractivity contribution in [2.75, 3.05) is 13.1 Å². The Morgan fingerprint density at radius 1 is 1.37 bits per heavy atom. The molecule has 4 heteroatoms. The van der Waals surface area contributed by atoms with Crippen molar-refractivity contribution in [1.82, 2.24) is 5.32 Å². The van der Waals surface area contributed by atoms with E-state index in [0.29, 0.717) is 5.56 Å². The van der Waals surface area contributed by atoms with Crippen molar-refractivity contribution >= 4 is 5.97 Å². The molecule has 0 aliphatic carbocycles. The summed E-state index contributed by atoms with van der Waals surface area (Å²) in [5.74, 6) is 0.402. The third-order valence-corrected chi connectivity index (χ3v) is 2.79. The van der Waals surface area contributed by atoms with Gasteiger partial charge in [0.1, 0.15) is 17.5 Å². The van der Waals surface area contributed by atoms with Crippen molar-refractivity contribution in [2.24, 2.45) is 0 Å². The van der Waals surface area contributed by atoms with Gasteiger partial charge in [0.25, 0.3) is 0 Å². The molecule has 4 nitrogen and oxygen atoms in total. The van der Waals surface area contributed by atoms with Gasteiger partial charge in [-0.15, -0.1) is 0 Å². The number of hydrogen-bond acceptors (Lipinski definition) is 4. The third-order valence-electron chi connectivity index (χ3n) is 2.79. The van der Waals surface area contributed by atoms with Gasteiger partial charge in [-0.1, -0.05) is 6.07 Å². The van der Waals surface area contributed by atoms with Crippen LogP contribution in [0, 0.1) is 0 Å². The van der Waals surface area contributed by atoms with Crippen LogP contribution in [0.5, 0.6) is 5.75 Å². The maximum absolute atomic E-state index is 12.0. The molecule has 19 heavy (non-hydrogen) atoms. The summed E-state index contributed by atoms with van der Waals surface area (Å²) in [4.78, 5) is 12.0. The Bertz CT molecular complexity index is 445. The molecule has 0 saturated carbocycles. The van der Waals surface area contributed by atoms with E-state index in [-0.39, 0.29) is 12.1 Å². The molecule has 0 amide bonds. The van der Waals surface area contributed by atoms with Crippen LogP contribution in [0.1, 0.15) is 37.6 Å². The molecular weight excluding hydrogens is 242 g/mol. The number of carbonyl (C=O) groups is 1. The maximum atomic E-state index is 12.0. The van der Waals surface area contributed by atoms with E-state index in [1.54, 1.807) is 12.1 Å². The predicted octanol–water partition coefficient (Wildman–Crippen LogP) is 2.38. The minimum absolute atomic E-state index is 0.189. The lowest BCUT2D eigenvalue weighted by molar-refractivity contribution is 0.00689. The van der Waals surface area contributed by atoms with Crippen LogP contribution in [0.3, 0.4) is 0 Å². The van der Waals surface area contributed by atoms with Crippen LogP contribution in [0.15, 0.2) is 24.3 Å². The average molecular weight is 263 g/mol. The number of esters is 1. The van der Waals surface area contributed by atoms with Crippen LogP contribution in [0.2, 0.25) is 0 Å². The Labute approximate surface area is 114 Å². The van der Waals surface area contributed by atoms with Gasteiger partial charge < -0.3 is 14.8 Å². The zero-order valence-electron chi connectivity index (χ0n) is 11.7. The van der Waals surface area contributed by atoms with Crippen molar-refractivity contribution in [3.05, 3.63) is 29.8 Å². The van der Waals surface area contributed by atoms with Crippen molar-refractivity contribution in [3.63, 3.8) is 0 Å². The third kappa shape index (κ3) is 4.24. The summed E-state index contributed by atoms with van der Waals surface area (Å²) in [7, 11) is 0. The van der Waals surface area contributed by atoms with E-state index in [0.717, 1.165) is 25.3 Å². The van der Waals surface area contributed by atoms with Crippen LogP contribution in [0.4, 0.5) is 0 Å². The molecule has 1 heterocycles. The molecule has 1 N–H and O–H groups in total. The molecule has 1 aromatic rings. The molecule has 1 atom stereocenters. The van der Waals surface area contributed by atoms with Gasteiger partial charge in [-0.05, 0) is 51.9 Å². The largest absolute Gasteiger partial charge is 0.489 e. The van der Waals surface area contributed by atoms with Gasteiger partial charge in [-0.3, -0.25) is 0 Å². The first kappa shape index (κ1) is 13.9. The minimum Gasteiger partial charge on any atom is -0.489 e. The lowest BCUT2D eigenvalue weighted by Crippen LogP contribution is -2.24. The lowest BCUT2D eigenvalue weighted by Gasteiger charge is -2.20. The minimum atomic E-state index is -0.483. The summed E-state index contributed by atoms with van der Waals surface area (Å²) in [5, 5.41) is 3.24. The summed E-state index contributed by atoms with van der Waals surface area (Å²) in [5.41, 5.74) is 0.0435. The van der Waals surface area contributed by atoms with Gasteiger partial charge >= 0.3 is 5.97 Å². The highest BCUT2D eigenvalue weighted by Gasteiger charge is 2.19. The van der Waals surface area contributed by atoms with Crippen LogP contribution < -0.4 is 10.1 Å². The fraction of sp³-hybridized carbons (Fsp3) is 0.533. The van der Waals surface area contributed by atoms with Crippen LogP contribution >= 0.6 is 0 Å². The fourth-order valence-corrected chi connectivity index (χ4v) is 1.95. The molecule has 1 aromatic carbocycles. The lowest BCUT2D eigenvalue weighted by atomic mass is 10.1. The second-order valence-corrected chi connectivity index (χ2v) is 5.76. The number of rotatable bonds is 3. The Hall–Kier alpha value is -1.55. The quantitative estimate of drug-likeness (QED) is 0.851. The molecule has 1 aliphatic rings. The first-order chi connectivity index (χ1) is 8.94. The molecule has 0 spiro atoms. The second-order valence-electron chi connectivity index (χ2n) is 5.76. The van der Waals surface area contributed by atoms with E-state index >= 15 is 0 Å². The molecular formula is C15H21NO3. The Balaban J connectivity index is 2.03. The van der Waals surface area contributed by atoms with Gasteiger partial charge in [-0.25, -0.2) is 4.79 Å². The second kappa shape index (κ2) is 5.61. The zero-order chi connectivity index (χ0) is 13.9. The molecule has 1 aliphatic heterocycles. The highest BCUT2D eigenvalue weighted by molar-refractivity contribution is 5.90. The number of ether oxygens (including phenoxy) is 2. The zero-order valence-corrected chi connectivity index (χ0v) is 11.7. The average Bonchev–Trinajstić information content (AvgIpc) is 2.80. The van der Waals surface area contributed by atoms with Gasteiger partial charge in [0.2, 0.25) is 0 Å². The molecule has 1 saturated heterocycles. The van der Waals surface area contributed by atoms with E-state index in [4.69, 9.17) is 9.47 Å². The smallest absolute Gasteiger partial charge is 0.338 e. The van der Waals surface area contributed by atoms with E-state index in [1.165, 1.54) is 0 Å². The molecule has 0 bridgehead atoms. The van der Waals surface area contributed by atoms with Crippen molar-refractivity contribution in [1.29, 1.82) is 0 Å². The highest BCUT2D eigenvalue weighted by Crippen LogP contribution is 2.19. The monoisotopic (exact) mass is 263 g/mol. The SMILES string of the molecule is CC(C)(C)OC(=O)c1cccc(OC2CCNC2)c1. The Morgan fingerprint density at radius 3 is 2.79 bits per heavy atom. The van der Waals surface area contributed by atoms with Gasteiger partial charge in [0.15, 0.2) is 0 Å². The molecule has 104 valence electrons. The molecule has 0 radical (unpaired) electrons. The molecule has 1 fully saturated rings. The van der Waals surface area contributed by atoms with Crippen LogP contribution in [0.25, 0.3) is 0 Å². The molecule has 0 aromatic heterocycles. The Kier molecular flexibility index (Phi) is 4.10. The normalized spacial score (nSPS) is 19.2. The summed E-state index contributed by atoms with van der Waals surface area (Å²) in [6.45, 7) is 7.41. The topological polar surface area (TPSA) is 47.6 Å². The number of benzene rings is 1. The van der Waals surface area contributed by atoms with Crippen LogP contribution in [-0.4, -0.2) is 30.8 Å². The van der Waals surface area contributed by atoms with Gasteiger partial charge in [0.05, 0.1) is 5.56 Å². The van der Waals surface area contributed by atoms with Crippen LogP contribution in [-0.2, 0) is 4.74 Å². The first-order valence-corrected chi connectivity index (χ1v) is 6.65. The maximum Gasteiger partial charge on any atom is 0.338 e. The van der Waals surface area contributed by atoms with E-state index in [1.807, 2.05) is 32.9 Å². The summed E-state index contributed by atoms with van der Waals surface area (Å²) < 4.78 is 11.2. The number of carbonyl (C=O) groups excluding carboxylic acids is 1. The van der Waals surface area contributed by atoms with Crippen molar-refractivity contribution in [2.45, 2.75) is 38.9 Å². The standard InChI is InChI=1S/C15H21NO3/c1-15(2,3)19-14(17)11-5-4-6-12(9-11)18-13-7-8-16-10-13/h4-6,9,13,16H,7-8,10H2,1-3H3. The van der Waals surface area contributed by atoms with E-state index in [2.05, 4.69) is 5.32 Å². The van der Waals surface area contributed by atoms with Gasteiger partial charge in [0, 0.05) is 6.54 Å². The van der Waals surface area contributed by atoms with Crippen molar-refractivity contribution < 1.29 is 14.3 Å². The predicted molar refractivity (Wildman–Crippen MR) is 73.5 cm³/mol. The summed E-state index contributed by atoms with van der Waals surface area (Å²) >= 11 is 0. The summed E-state index contributed by atoms with van der Waals surface area (Å²) in [6, 6.07) is 7.17. The fourth-order valence-electron chi connectivity index (χ4n) is 1.95. The van der Waals surface area contributed by atoms with E-state index < -0.39 is 5.60 Å². The molecule has 1 unspecified atom stereocenters. The summed E-state index contributed by atoms with van der Waals surface area (Å²) in [6.07, 6.45) is 1.19. The number of nitrogens with one attached hydrogen (secondary N) is 1. The Morgan fingerprint density at radius 2 is 2.16 bits per heavy atom. The highest BCUT2D eigenvalue weighted by atomic mass is 16.6. The van der Waals surface area contributed by atoms with Crippen molar-refractivity contribution in [3.8, 4) is 5.75 Å². The number of hydrogen-bond donors (Lipinski definition) is 1. The van der Waals surface area contributed by atoms with Gasteiger partial charge in [-0.2, -0.15) is 0 Å². The first-order valence-electron chi connectivity index (χ1n) is 6.65.